The van der Waals surface area contributed by atoms with E-state index in [9.17, 15) is 9.18 Å². The molecule has 1 aromatic carbocycles. The molecule has 0 saturated carbocycles. The minimum Gasteiger partial charge on any atom is -0.398 e. The van der Waals surface area contributed by atoms with Crippen LogP contribution in [0.5, 0.6) is 0 Å². The number of nitrogen functional groups attached to an aromatic ring is 1. The van der Waals surface area contributed by atoms with Crippen LogP contribution in [0.15, 0.2) is 24.5 Å². The highest BCUT2D eigenvalue weighted by Gasteiger charge is 2.14. The molecule has 0 fully saturated rings. The molecule has 2 aromatic heterocycles. The summed E-state index contributed by atoms with van der Waals surface area (Å²) < 4.78 is 13.2. The predicted octanol–water partition coefficient (Wildman–Crippen LogP) is 1.98. The fourth-order valence-electron chi connectivity index (χ4n) is 1.75. The van der Waals surface area contributed by atoms with Gasteiger partial charge >= 0.3 is 0 Å². The minimum absolute atomic E-state index is 0.0168. The number of rotatable bonds is 2. The Morgan fingerprint density at radius 2 is 2.19 bits per heavy atom. The van der Waals surface area contributed by atoms with Crippen LogP contribution in [0.1, 0.15) is 10.4 Å². The number of amides is 1. The second-order valence-electron chi connectivity index (χ2n) is 4.12. The lowest BCUT2D eigenvalue weighted by Gasteiger charge is -2.06. The first-order chi connectivity index (χ1) is 10.0. The van der Waals surface area contributed by atoms with E-state index in [4.69, 9.17) is 17.3 Å². The van der Waals surface area contributed by atoms with Crippen molar-refractivity contribution >= 4 is 40.3 Å². The van der Waals surface area contributed by atoms with Gasteiger partial charge in [-0.15, -0.1) is 0 Å². The van der Waals surface area contributed by atoms with Crippen LogP contribution in [-0.2, 0) is 0 Å². The number of halogens is 2. The largest absolute Gasteiger partial charge is 0.398 e. The lowest BCUT2D eigenvalue weighted by molar-refractivity contribution is 0.102. The Morgan fingerprint density at radius 1 is 1.38 bits per heavy atom. The van der Waals surface area contributed by atoms with Gasteiger partial charge in [-0.2, -0.15) is 9.97 Å². The van der Waals surface area contributed by atoms with Crippen LogP contribution in [0.25, 0.3) is 11.2 Å². The van der Waals surface area contributed by atoms with Crippen molar-refractivity contribution in [1.82, 2.24) is 19.9 Å². The van der Waals surface area contributed by atoms with Gasteiger partial charge in [0.05, 0.1) is 11.9 Å². The molecule has 3 aromatic rings. The maximum absolute atomic E-state index is 13.2. The van der Waals surface area contributed by atoms with Crippen molar-refractivity contribution in [3.63, 3.8) is 0 Å². The molecule has 4 N–H and O–H groups in total. The molecule has 7 nitrogen and oxygen atoms in total. The van der Waals surface area contributed by atoms with E-state index in [1.807, 2.05) is 0 Å². The number of nitrogens with one attached hydrogen (secondary N) is 2. The first kappa shape index (κ1) is 13.3. The monoisotopic (exact) mass is 306 g/mol. The maximum atomic E-state index is 13.2. The van der Waals surface area contributed by atoms with E-state index in [2.05, 4.69) is 25.3 Å². The zero-order valence-corrected chi connectivity index (χ0v) is 11.1. The Kier molecular flexibility index (Phi) is 3.15. The standard InChI is InChI=1S/C12H8ClFN6O/c13-9-8-10(17-4-16-8)19-12(18-9)20-11(21)6-3-5(14)1-2-7(6)15/h1-4H,15H2,(H2,16,17,18,19,20,21). The third kappa shape index (κ3) is 2.48. The number of benzene rings is 1. The number of aromatic amines is 1. The second-order valence-corrected chi connectivity index (χ2v) is 4.48. The van der Waals surface area contributed by atoms with Gasteiger partial charge in [0.25, 0.3) is 5.91 Å². The highest BCUT2D eigenvalue weighted by Crippen LogP contribution is 2.19. The molecule has 21 heavy (non-hydrogen) atoms. The third-order valence-electron chi connectivity index (χ3n) is 2.73. The van der Waals surface area contributed by atoms with E-state index in [0.29, 0.717) is 11.2 Å². The van der Waals surface area contributed by atoms with Gasteiger partial charge in [-0.1, -0.05) is 11.6 Å². The molecular weight excluding hydrogens is 299 g/mol. The molecule has 0 atom stereocenters. The number of hydrogen-bond donors (Lipinski definition) is 3. The van der Waals surface area contributed by atoms with Crippen molar-refractivity contribution in [2.75, 3.05) is 11.1 Å². The highest BCUT2D eigenvalue weighted by atomic mass is 35.5. The van der Waals surface area contributed by atoms with E-state index in [1.165, 1.54) is 12.4 Å². The van der Waals surface area contributed by atoms with Gasteiger partial charge in [0, 0.05) is 5.69 Å². The summed E-state index contributed by atoms with van der Waals surface area (Å²) >= 11 is 5.93. The number of hydrogen-bond acceptors (Lipinski definition) is 5. The van der Waals surface area contributed by atoms with Gasteiger partial charge in [0.2, 0.25) is 5.95 Å². The number of carbonyl (C=O) groups is 1. The number of anilines is 2. The van der Waals surface area contributed by atoms with Crippen molar-refractivity contribution in [2.24, 2.45) is 0 Å². The summed E-state index contributed by atoms with van der Waals surface area (Å²) in [5.41, 5.74) is 6.52. The molecule has 9 heteroatoms. The summed E-state index contributed by atoms with van der Waals surface area (Å²) in [6.45, 7) is 0. The SMILES string of the molecule is Nc1ccc(F)cc1C(=O)Nc1nc(Cl)c2[nH]cnc2n1. The molecule has 0 bridgehead atoms. The average Bonchev–Trinajstić information content (AvgIpc) is 2.90. The number of carbonyl (C=O) groups excluding carboxylic acids is 1. The lowest BCUT2D eigenvalue weighted by atomic mass is 10.1. The van der Waals surface area contributed by atoms with Crippen molar-refractivity contribution in [3.8, 4) is 0 Å². The van der Waals surface area contributed by atoms with Crippen molar-refractivity contribution in [2.45, 2.75) is 0 Å². The highest BCUT2D eigenvalue weighted by molar-refractivity contribution is 6.33. The van der Waals surface area contributed by atoms with Crippen LogP contribution in [0.3, 0.4) is 0 Å². The van der Waals surface area contributed by atoms with Crippen LogP contribution in [-0.4, -0.2) is 25.8 Å². The lowest BCUT2D eigenvalue weighted by Crippen LogP contribution is -2.16. The van der Waals surface area contributed by atoms with Crippen molar-refractivity contribution < 1.29 is 9.18 Å². The molecule has 0 radical (unpaired) electrons. The average molecular weight is 307 g/mol. The number of aromatic nitrogens is 4. The summed E-state index contributed by atoms with van der Waals surface area (Å²) in [7, 11) is 0. The second kappa shape index (κ2) is 4.98. The molecule has 0 aliphatic carbocycles. The summed E-state index contributed by atoms with van der Waals surface area (Å²) in [5.74, 6) is -1.26. The smallest absolute Gasteiger partial charge is 0.260 e. The normalized spacial score (nSPS) is 10.8. The van der Waals surface area contributed by atoms with Gasteiger partial charge in [-0.05, 0) is 18.2 Å². The quantitative estimate of drug-likeness (QED) is 0.495. The number of nitrogens with zero attached hydrogens (tertiary/aromatic N) is 3. The summed E-state index contributed by atoms with van der Waals surface area (Å²) in [6, 6.07) is 3.49. The topological polar surface area (TPSA) is 110 Å². The summed E-state index contributed by atoms with van der Waals surface area (Å²) in [4.78, 5) is 26.7. The van der Waals surface area contributed by atoms with Gasteiger partial charge in [-0.3, -0.25) is 10.1 Å². The molecule has 106 valence electrons. The molecule has 2 heterocycles. The maximum Gasteiger partial charge on any atom is 0.260 e. The zero-order chi connectivity index (χ0) is 15.0. The van der Waals surface area contributed by atoms with E-state index in [1.54, 1.807) is 0 Å². The first-order valence-electron chi connectivity index (χ1n) is 5.77. The third-order valence-corrected chi connectivity index (χ3v) is 3.00. The number of imidazole rings is 1. The van der Waals surface area contributed by atoms with E-state index in [0.717, 1.165) is 12.1 Å². The minimum atomic E-state index is -0.641. The van der Waals surface area contributed by atoms with Crippen LogP contribution < -0.4 is 11.1 Å². The van der Waals surface area contributed by atoms with Crippen LogP contribution in [0.2, 0.25) is 5.15 Å². The molecule has 0 spiro atoms. The summed E-state index contributed by atoms with van der Waals surface area (Å²) in [6.07, 6.45) is 1.40. The number of H-pyrrole nitrogens is 1. The first-order valence-corrected chi connectivity index (χ1v) is 6.15. The summed E-state index contributed by atoms with van der Waals surface area (Å²) in [5, 5.41) is 2.51. The molecule has 0 aliphatic heterocycles. The number of fused-ring (bicyclic) bond motifs is 1. The van der Waals surface area contributed by atoms with Crippen molar-refractivity contribution in [1.29, 1.82) is 0 Å². The Labute approximate surface area is 122 Å². The van der Waals surface area contributed by atoms with Crippen LogP contribution >= 0.6 is 11.6 Å². The van der Waals surface area contributed by atoms with E-state index >= 15 is 0 Å². The molecule has 1 amide bonds. The molecule has 0 unspecified atom stereocenters. The Morgan fingerprint density at radius 3 is 3.00 bits per heavy atom. The fraction of sp³-hybridized carbons (Fsp3) is 0. The van der Waals surface area contributed by atoms with Crippen LogP contribution in [0, 0.1) is 5.82 Å². The fourth-order valence-corrected chi connectivity index (χ4v) is 1.97. The van der Waals surface area contributed by atoms with E-state index in [-0.39, 0.29) is 22.4 Å². The zero-order valence-electron chi connectivity index (χ0n) is 10.4. The Balaban J connectivity index is 1.94. The Hall–Kier alpha value is -2.74. The predicted molar refractivity (Wildman–Crippen MR) is 75.5 cm³/mol. The Bertz CT molecular complexity index is 849. The molecule has 0 saturated heterocycles. The van der Waals surface area contributed by atoms with E-state index < -0.39 is 11.7 Å². The number of nitrogens with two attached hydrogens (primary N) is 1. The van der Waals surface area contributed by atoms with Gasteiger partial charge in [0.1, 0.15) is 11.3 Å². The van der Waals surface area contributed by atoms with Gasteiger partial charge in [0.15, 0.2) is 10.8 Å². The molecule has 0 aliphatic rings. The van der Waals surface area contributed by atoms with Gasteiger partial charge < -0.3 is 10.7 Å². The molecule has 3 rings (SSSR count). The molecular formula is C12H8ClFN6O. The van der Waals surface area contributed by atoms with Crippen molar-refractivity contribution in [3.05, 3.63) is 41.1 Å². The van der Waals surface area contributed by atoms with Gasteiger partial charge in [-0.25, -0.2) is 9.37 Å². The van der Waals surface area contributed by atoms with Crippen LogP contribution in [0.4, 0.5) is 16.0 Å².